The summed E-state index contributed by atoms with van der Waals surface area (Å²) in [6.45, 7) is 6.51. The summed E-state index contributed by atoms with van der Waals surface area (Å²) in [4.78, 5) is 16.4. The van der Waals surface area contributed by atoms with Crippen molar-refractivity contribution >= 4 is 27.4 Å². The second-order valence-electron chi connectivity index (χ2n) is 12.5. The number of hydrogen-bond donors (Lipinski definition) is 2. The molecule has 3 atom stereocenters. The van der Waals surface area contributed by atoms with E-state index < -0.39 is 11.6 Å². The van der Waals surface area contributed by atoms with Crippen molar-refractivity contribution in [3.8, 4) is 35.2 Å². The highest BCUT2D eigenvalue weighted by Crippen LogP contribution is 2.41. The molecular formula is C34H36F2N6O2. The zero-order valence-corrected chi connectivity index (χ0v) is 25.2. The van der Waals surface area contributed by atoms with Crippen LogP contribution in [0.25, 0.3) is 32.8 Å². The van der Waals surface area contributed by atoms with Crippen molar-refractivity contribution in [2.45, 2.75) is 37.9 Å². The molecule has 10 heteroatoms. The summed E-state index contributed by atoms with van der Waals surface area (Å²) >= 11 is 0. The van der Waals surface area contributed by atoms with Gasteiger partial charge in [-0.15, -0.1) is 6.42 Å². The highest BCUT2D eigenvalue weighted by molar-refractivity contribution is 6.04. The van der Waals surface area contributed by atoms with E-state index in [4.69, 9.17) is 16.1 Å². The van der Waals surface area contributed by atoms with Gasteiger partial charge in [-0.05, 0) is 57.4 Å². The lowest BCUT2D eigenvalue weighted by Gasteiger charge is -2.37. The first kappa shape index (κ1) is 28.7. The highest BCUT2D eigenvalue weighted by atomic mass is 19.1. The molecule has 3 saturated heterocycles. The van der Waals surface area contributed by atoms with Gasteiger partial charge >= 0.3 is 0 Å². The number of aromatic hydroxyl groups is 1. The molecule has 5 heterocycles. The quantitative estimate of drug-likeness (QED) is 0.330. The fraction of sp³-hybridized carbons (Fsp3) is 0.412. The molecule has 4 aromatic rings. The smallest absolute Gasteiger partial charge is 0.219 e. The van der Waals surface area contributed by atoms with Gasteiger partial charge < -0.3 is 25.0 Å². The Kier molecular flexibility index (Phi) is 7.28. The third-order valence-electron chi connectivity index (χ3n) is 9.52. The summed E-state index contributed by atoms with van der Waals surface area (Å²) in [6, 6.07) is 6.49. The maximum absolute atomic E-state index is 17.0. The van der Waals surface area contributed by atoms with Crippen LogP contribution in [0.3, 0.4) is 0 Å². The maximum atomic E-state index is 17.0. The number of aromatic nitrogens is 2. The molecule has 0 radical (unpaired) electrons. The van der Waals surface area contributed by atoms with E-state index in [-0.39, 0.29) is 28.6 Å². The normalized spacial score (nSPS) is 22.5. The molecular weight excluding hydrogens is 562 g/mol. The van der Waals surface area contributed by atoms with Crippen LogP contribution in [-0.4, -0.2) is 96.4 Å². The fourth-order valence-electron chi connectivity index (χ4n) is 7.12. The summed E-state index contributed by atoms with van der Waals surface area (Å²) in [5.74, 6) is 2.14. The number of pyridine rings is 2. The molecule has 0 spiro atoms. The molecule has 0 unspecified atom stereocenters. The van der Waals surface area contributed by atoms with Gasteiger partial charge in [0.25, 0.3) is 0 Å². The van der Waals surface area contributed by atoms with Gasteiger partial charge in [-0.1, -0.05) is 12.0 Å². The minimum atomic E-state index is -0.599. The van der Waals surface area contributed by atoms with Crippen LogP contribution in [0.5, 0.6) is 11.6 Å². The highest BCUT2D eigenvalue weighted by Gasteiger charge is 2.35. The monoisotopic (exact) mass is 598 g/mol. The van der Waals surface area contributed by atoms with Crippen LogP contribution < -0.4 is 15.0 Å². The number of likely N-dealkylation sites (N-methyl/N-ethyl adjacent to an activating group) is 2. The Morgan fingerprint density at radius 2 is 1.86 bits per heavy atom. The summed E-state index contributed by atoms with van der Waals surface area (Å²) in [5.41, 5.74) is 0.746. The van der Waals surface area contributed by atoms with E-state index in [0.29, 0.717) is 57.5 Å². The molecule has 2 aromatic heterocycles. The average Bonchev–Trinajstić information content (AvgIpc) is 3.35. The number of ether oxygens (including phenoxy) is 1. The Labute approximate surface area is 255 Å². The van der Waals surface area contributed by atoms with E-state index in [0.717, 1.165) is 45.6 Å². The zero-order chi connectivity index (χ0) is 30.7. The number of halogens is 2. The van der Waals surface area contributed by atoms with Gasteiger partial charge in [0.15, 0.2) is 5.82 Å². The maximum Gasteiger partial charge on any atom is 0.219 e. The number of terminal acetylenes is 1. The predicted molar refractivity (Wildman–Crippen MR) is 168 cm³/mol. The zero-order valence-electron chi connectivity index (χ0n) is 25.2. The first-order chi connectivity index (χ1) is 21.2. The molecule has 3 aliphatic heterocycles. The number of rotatable bonds is 5. The summed E-state index contributed by atoms with van der Waals surface area (Å²) < 4.78 is 38.3. The molecule has 0 amide bonds. The lowest BCUT2D eigenvalue weighted by Crippen LogP contribution is -2.52. The van der Waals surface area contributed by atoms with Gasteiger partial charge in [-0.25, -0.2) is 8.78 Å². The molecule has 44 heavy (non-hydrogen) atoms. The van der Waals surface area contributed by atoms with Gasteiger partial charge in [0.1, 0.15) is 29.7 Å². The topological polar surface area (TPSA) is 77.0 Å². The molecule has 2 bridgehead atoms. The van der Waals surface area contributed by atoms with Crippen molar-refractivity contribution in [1.29, 1.82) is 0 Å². The minimum absolute atomic E-state index is 0.00665. The van der Waals surface area contributed by atoms with Crippen LogP contribution in [0.15, 0.2) is 30.5 Å². The van der Waals surface area contributed by atoms with Crippen LogP contribution in [-0.2, 0) is 0 Å². The lowest BCUT2D eigenvalue weighted by atomic mass is 9.95. The van der Waals surface area contributed by atoms with Crippen molar-refractivity contribution in [3.05, 3.63) is 53.2 Å². The lowest BCUT2D eigenvalue weighted by molar-refractivity contribution is 0.0765. The number of nitrogens with zero attached hydrogens (tertiary/aromatic N) is 5. The number of phenols is 1. The molecule has 2 aromatic carbocycles. The van der Waals surface area contributed by atoms with E-state index in [2.05, 4.69) is 45.0 Å². The SMILES string of the molecule is C#Cc1c(F)ccc2cc(O)cc(-c3ncc4c(N5C[C@H]6CC[C@@H](C5)N6)nc(OC[C@@H]5CN(C)CCN5C)c(C)c4c3F)c12. The van der Waals surface area contributed by atoms with E-state index >= 15 is 4.39 Å². The molecule has 3 fully saturated rings. The minimum Gasteiger partial charge on any atom is -0.508 e. The molecule has 8 nitrogen and oxygen atoms in total. The summed E-state index contributed by atoms with van der Waals surface area (Å²) in [5, 5.41) is 15.9. The van der Waals surface area contributed by atoms with Gasteiger partial charge in [-0.2, -0.15) is 4.98 Å². The molecule has 0 saturated carbocycles. The van der Waals surface area contributed by atoms with Crippen molar-refractivity contribution in [1.82, 2.24) is 25.1 Å². The molecule has 2 N–H and O–H groups in total. The number of hydrogen-bond acceptors (Lipinski definition) is 8. The summed E-state index contributed by atoms with van der Waals surface area (Å²) in [7, 11) is 4.19. The number of nitrogens with one attached hydrogen (secondary N) is 1. The van der Waals surface area contributed by atoms with Crippen molar-refractivity contribution in [3.63, 3.8) is 0 Å². The van der Waals surface area contributed by atoms with E-state index in [1.807, 2.05) is 6.92 Å². The number of piperazine rings is 2. The van der Waals surface area contributed by atoms with Crippen LogP contribution in [0.1, 0.15) is 24.0 Å². The van der Waals surface area contributed by atoms with Gasteiger partial charge in [0, 0.05) is 78.3 Å². The molecule has 0 aliphatic carbocycles. The first-order valence-electron chi connectivity index (χ1n) is 15.2. The Hall–Kier alpha value is -4.04. The van der Waals surface area contributed by atoms with Crippen LogP contribution in [0, 0.1) is 30.9 Å². The molecule has 228 valence electrons. The molecule has 3 aliphatic rings. The fourth-order valence-corrected chi connectivity index (χ4v) is 7.12. The third-order valence-corrected chi connectivity index (χ3v) is 9.52. The second kappa shape index (κ2) is 11.1. The number of aryl methyl sites for hydroxylation is 1. The Morgan fingerprint density at radius 3 is 2.61 bits per heavy atom. The predicted octanol–water partition coefficient (Wildman–Crippen LogP) is 4.29. The van der Waals surface area contributed by atoms with Crippen molar-refractivity contribution < 1.29 is 18.6 Å². The third kappa shape index (κ3) is 4.89. The van der Waals surface area contributed by atoms with Crippen LogP contribution >= 0.6 is 0 Å². The van der Waals surface area contributed by atoms with E-state index in [1.165, 1.54) is 24.3 Å². The number of phenolic OH excluding ortho intramolecular Hbond substituents is 1. The Bertz CT molecular complexity index is 1810. The Balaban J connectivity index is 1.40. The van der Waals surface area contributed by atoms with Crippen LogP contribution in [0.4, 0.5) is 14.6 Å². The van der Waals surface area contributed by atoms with E-state index in [9.17, 15) is 9.50 Å². The standard InChI is InChI=1S/C34H36F2N6O2/c1-5-25-28(35)9-6-20-12-24(43)13-26(30(20)25)32-31(36)29-19(2)34(44-18-23-17-40(3)10-11-41(23)4)39-33(27(29)14-37-32)42-15-21-7-8-22(16-42)38-21/h1,6,9,12-14,21-23,38,43H,7-8,10-11,15-18H2,2-4H3/t21-,22+,23-/m0/s1. The van der Waals surface area contributed by atoms with Gasteiger partial charge in [-0.3, -0.25) is 9.88 Å². The largest absolute Gasteiger partial charge is 0.508 e. The van der Waals surface area contributed by atoms with Gasteiger partial charge in [0.2, 0.25) is 5.88 Å². The van der Waals surface area contributed by atoms with Crippen molar-refractivity contribution in [2.24, 2.45) is 0 Å². The number of benzene rings is 2. The Morgan fingerprint density at radius 1 is 1.09 bits per heavy atom. The van der Waals surface area contributed by atoms with Gasteiger partial charge in [0.05, 0.1) is 11.6 Å². The second-order valence-corrected chi connectivity index (χ2v) is 12.5. The van der Waals surface area contributed by atoms with Crippen LogP contribution in [0.2, 0.25) is 0 Å². The summed E-state index contributed by atoms with van der Waals surface area (Å²) in [6.07, 6.45) is 9.52. The molecule has 7 rings (SSSR count). The average molecular weight is 599 g/mol. The van der Waals surface area contributed by atoms with E-state index in [1.54, 1.807) is 6.20 Å². The van der Waals surface area contributed by atoms with Crippen molar-refractivity contribution in [2.75, 3.05) is 58.3 Å². The number of fused-ring (bicyclic) bond motifs is 4. The number of anilines is 1. The first-order valence-corrected chi connectivity index (χ1v) is 15.2.